The van der Waals surface area contributed by atoms with Crippen molar-refractivity contribution in [1.29, 1.82) is 0 Å². The van der Waals surface area contributed by atoms with Crippen molar-refractivity contribution in [1.82, 2.24) is 0 Å². The fourth-order valence-electron chi connectivity index (χ4n) is 1.06. The fraction of sp³-hybridized carbons (Fsp3) is 0.300. The van der Waals surface area contributed by atoms with Crippen LogP contribution in [0.25, 0.3) is 0 Å². The number of hydrogen-bond donors (Lipinski definition) is 1. The van der Waals surface area contributed by atoms with Crippen LogP contribution in [-0.2, 0) is 16.0 Å². The molecule has 76 valence electrons. The van der Waals surface area contributed by atoms with Crippen LogP contribution in [0.2, 0.25) is 5.02 Å². The molecule has 0 aliphatic carbocycles. The smallest absolute Gasteiger partial charge is 0.318 e. The quantitative estimate of drug-likeness (QED) is 0.637. The molecule has 0 heterocycles. The molecular formula is C10H11ClO2S. The molecule has 0 spiro atoms. The molecule has 0 fully saturated rings. The minimum Gasteiger partial charge on any atom is -0.468 e. The van der Waals surface area contributed by atoms with Gasteiger partial charge >= 0.3 is 5.97 Å². The van der Waals surface area contributed by atoms with Crippen molar-refractivity contribution in [2.75, 3.05) is 7.11 Å². The maximum atomic E-state index is 11.1. The van der Waals surface area contributed by atoms with E-state index in [-0.39, 0.29) is 5.97 Å². The van der Waals surface area contributed by atoms with Gasteiger partial charge in [0.15, 0.2) is 0 Å². The number of methoxy groups -OCH3 is 1. The van der Waals surface area contributed by atoms with Crippen molar-refractivity contribution in [3.63, 3.8) is 0 Å². The number of ether oxygens (including phenoxy) is 1. The standard InChI is InChI=1S/C10H11ClO2S/c1-13-10(12)9(14)6-7-2-4-8(11)5-3-7/h2-5,9,14H,6H2,1H3. The van der Waals surface area contributed by atoms with E-state index in [1.54, 1.807) is 12.1 Å². The molecule has 0 aliphatic rings. The van der Waals surface area contributed by atoms with Crippen LogP contribution in [0.3, 0.4) is 0 Å². The second kappa shape index (κ2) is 5.27. The lowest BCUT2D eigenvalue weighted by atomic mass is 10.1. The Labute approximate surface area is 93.6 Å². The average Bonchev–Trinajstić information content (AvgIpc) is 2.20. The Balaban J connectivity index is 2.60. The number of esters is 1. The summed E-state index contributed by atoms with van der Waals surface area (Å²) in [6.45, 7) is 0. The molecule has 1 aromatic rings. The maximum Gasteiger partial charge on any atom is 0.318 e. The van der Waals surface area contributed by atoms with Crippen LogP contribution in [0.1, 0.15) is 5.56 Å². The second-order valence-electron chi connectivity index (χ2n) is 2.87. The molecular weight excluding hydrogens is 220 g/mol. The number of hydrogen-bond acceptors (Lipinski definition) is 3. The molecule has 0 aromatic heterocycles. The lowest BCUT2D eigenvalue weighted by Gasteiger charge is -2.07. The normalized spacial score (nSPS) is 12.2. The highest BCUT2D eigenvalue weighted by Gasteiger charge is 2.14. The van der Waals surface area contributed by atoms with Crippen LogP contribution < -0.4 is 0 Å². The Morgan fingerprint density at radius 3 is 2.57 bits per heavy atom. The minimum absolute atomic E-state index is 0.316. The number of thiol groups is 1. The molecule has 1 rings (SSSR count). The van der Waals surface area contributed by atoms with Crippen molar-refractivity contribution in [3.05, 3.63) is 34.9 Å². The first-order valence-corrected chi connectivity index (χ1v) is 5.03. The van der Waals surface area contributed by atoms with E-state index in [0.717, 1.165) is 5.56 Å². The molecule has 0 amide bonds. The van der Waals surface area contributed by atoms with Crippen molar-refractivity contribution in [2.24, 2.45) is 0 Å². The topological polar surface area (TPSA) is 26.3 Å². The van der Waals surface area contributed by atoms with Crippen LogP contribution in [0, 0.1) is 0 Å². The van der Waals surface area contributed by atoms with E-state index in [1.807, 2.05) is 12.1 Å². The van der Waals surface area contributed by atoms with Gasteiger partial charge in [-0.2, -0.15) is 12.6 Å². The first-order valence-electron chi connectivity index (χ1n) is 4.14. The van der Waals surface area contributed by atoms with Gasteiger partial charge < -0.3 is 4.74 Å². The zero-order valence-electron chi connectivity index (χ0n) is 7.74. The highest BCUT2D eigenvalue weighted by Crippen LogP contribution is 2.13. The molecule has 1 unspecified atom stereocenters. The SMILES string of the molecule is COC(=O)C(S)Cc1ccc(Cl)cc1. The summed E-state index contributed by atoms with van der Waals surface area (Å²) in [6, 6.07) is 7.31. The molecule has 0 N–H and O–H groups in total. The first-order chi connectivity index (χ1) is 6.63. The van der Waals surface area contributed by atoms with Crippen LogP contribution in [0.4, 0.5) is 0 Å². The van der Waals surface area contributed by atoms with Crippen molar-refractivity contribution < 1.29 is 9.53 Å². The summed E-state index contributed by atoms with van der Waals surface area (Å²) in [4.78, 5) is 11.1. The molecule has 0 aliphatic heterocycles. The third kappa shape index (κ3) is 3.24. The highest BCUT2D eigenvalue weighted by atomic mass is 35.5. The summed E-state index contributed by atoms with van der Waals surface area (Å²) in [6.07, 6.45) is 0.549. The average molecular weight is 231 g/mol. The lowest BCUT2D eigenvalue weighted by Crippen LogP contribution is -2.18. The van der Waals surface area contributed by atoms with E-state index >= 15 is 0 Å². The fourth-order valence-corrected chi connectivity index (χ4v) is 1.51. The Morgan fingerprint density at radius 2 is 2.07 bits per heavy atom. The summed E-state index contributed by atoms with van der Waals surface area (Å²) in [5, 5.41) is 0.267. The molecule has 1 atom stereocenters. The van der Waals surface area contributed by atoms with Gasteiger partial charge in [-0.25, -0.2) is 0 Å². The van der Waals surface area contributed by atoms with Gasteiger partial charge in [0, 0.05) is 5.02 Å². The monoisotopic (exact) mass is 230 g/mol. The van der Waals surface area contributed by atoms with E-state index in [2.05, 4.69) is 17.4 Å². The van der Waals surface area contributed by atoms with Gasteiger partial charge in [-0.3, -0.25) is 4.79 Å². The zero-order valence-corrected chi connectivity index (χ0v) is 9.39. The zero-order chi connectivity index (χ0) is 10.6. The number of halogens is 1. The van der Waals surface area contributed by atoms with Crippen LogP contribution >= 0.6 is 24.2 Å². The minimum atomic E-state index is -0.416. The van der Waals surface area contributed by atoms with Gasteiger partial charge in [-0.15, -0.1) is 0 Å². The Hall–Kier alpha value is -0.670. The van der Waals surface area contributed by atoms with E-state index in [4.69, 9.17) is 11.6 Å². The van der Waals surface area contributed by atoms with E-state index in [1.165, 1.54) is 7.11 Å². The van der Waals surface area contributed by atoms with Gasteiger partial charge in [-0.05, 0) is 24.1 Å². The second-order valence-corrected chi connectivity index (χ2v) is 3.93. The Bertz CT molecular complexity index is 310. The van der Waals surface area contributed by atoms with Crippen LogP contribution in [0.15, 0.2) is 24.3 Å². The molecule has 14 heavy (non-hydrogen) atoms. The maximum absolute atomic E-state index is 11.1. The Morgan fingerprint density at radius 1 is 1.50 bits per heavy atom. The molecule has 4 heteroatoms. The first kappa shape index (κ1) is 11.4. The van der Waals surface area contributed by atoms with E-state index in [9.17, 15) is 4.79 Å². The van der Waals surface area contributed by atoms with Gasteiger partial charge in [0.2, 0.25) is 0 Å². The number of benzene rings is 1. The van der Waals surface area contributed by atoms with Crippen LogP contribution in [-0.4, -0.2) is 18.3 Å². The predicted molar refractivity (Wildman–Crippen MR) is 59.9 cm³/mol. The van der Waals surface area contributed by atoms with E-state index < -0.39 is 5.25 Å². The summed E-state index contributed by atoms with van der Waals surface area (Å²) < 4.78 is 4.57. The third-order valence-corrected chi connectivity index (χ3v) is 2.46. The van der Waals surface area contributed by atoms with Crippen molar-refractivity contribution in [2.45, 2.75) is 11.7 Å². The summed E-state index contributed by atoms with van der Waals surface area (Å²) >= 11 is 9.86. The third-order valence-electron chi connectivity index (χ3n) is 1.82. The predicted octanol–water partition coefficient (Wildman–Crippen LogP) is 2.35. The van der Waals surface area contributed by atoms with Gasteiger partial charge in [0.25, 0.3) is 0 Å². The molecule has 0 radical (unpaired) electrons. The number of rotatable bonds is 3. The van der Waals surface area contributed by atoms with Gasteiger partial charge in [0.1, 0.15) is 5.25 Å². The highest BCUT2D eigenvalue weighted by molar-refractivity contribution is 7.81. The van der Waals surface area contributed by atoms with Gasteiger partial charge in [-0.1, -0.05) is 23.7 Å². The van der Waals surface area contributed by atoms with Crippen molar-refractivity contribution in [3.8, 4) is 0 Å². The molecule has 0 saturated carbocycles. The summed E-state index contributed by atoms with van der Waals surface area (Å²) in [7, 11) is 1.35. The van der Waals surface area contributed by atoms with Gasteiger partial charge in [0.05, 0.1) is 7.11 Å². The lowest BCUT2D eigenvalue weighted by molar-refractivity contribution is -0.139. The number of carbonyl (C=O) groups excluding carboxylic acids is 1. The molecule has 0 saturated heterocycles. The number of carbonyl (C=O) groups is 1. The van der Waals surface area contributed by atoms with E-state index in [0.29, 0.717) is 11.4 Å². The molecule has 0 bridgehead atoms. The Kier molecular flexibility index (Phi) is 4.29. The van der Waals surface area contributed by atoms with Crippen molar-refractivity contribution >= 4 is 30.2 Å². The summed E-state index contributed by atoms with van der Waals surface area (Å²) in [5.41, 5.74) is 1.01. The molecule has 1 aromatic carbocycles. The summed E-state index contributed by atoms with van der Waals surface area (Å²) in [5.74, 6) is -0.316. The molecule has 2 nitrogen and oxygen atoms in total. The largest absolute Gasteiger partial charge is 0.468 e. The van der Waals surface area contributed by atoms with Crippen LogP contribution in [0.5, 0.6) is 0 Å².